The van der Waals surface area contributed by atoms with Crippen LogP contribution in [0, 0.1) is 5.92 Å². The van der Waals surface area contributed by atoms with E-state index in [1.807, 2.05) is 19.1 Å². The molecule has 1 fully saturated rings. The number of ketones is 1. The quantitative estimate of drug-likeness (QED) is 0.198. The summed E-state index contributed by atoms with van der Waals surface area (Å²) in [4.78, 5) is 28.2. The van der Waals surface area contributed by atoms with E-state index in [2.05, 4.69) is 13.8 Å². The Morgan fingerprint density at radius 1 is 0.921 bits per heavy atom. The van der Waals surface area contributed by atoms with Gasteiger partial charge in [-0.25, -0.2) is 0 Å². The Morgan fingerprint density at radius 3 is 2.21 bits per heavy atom. The van der Waals surface area contributed by atoms with Crippen LogP contribution in [-0.4, -0.2) is 37.1 Å². The van der Waals surface area contributed by atoms with Crippen molar-refractivity contribution in [2.24, 2.45) is 5.92 Å². The van der Waals surface area contributed by atoms with Crippen molar-refractivity contribution in [2.45, 2.75) is 33.2 Å². The predicted octanol–water partition coefficient (Wildman–Crippen LogP) is 6.15. The first-order valence-electron chi connectivity index (χ1n) is 12.7. The van der Waals surface area contributed by atoms with E-state index < -0.39 is 17.7 Å². The average Bonchev–Trinajstić information content (AvgIpc) is 3.20. The molecule has 1 aliphatic rings. The van der Waals surface area contributed by atoms with Crippen LogP contribution in [0.5, 0.6) is 17.2 Å². The van der Waals surface area contributed by atoms with Crippen molar-refractivity contribution >= 4 is 23.1 Å². The fourth-order valence-corrected chi connectivity index (χ4v) is 4.27. The molecule has 198 valence electrons. The number of benzene rings is 3. The van der Waals surface area contributed by atoms with Gasteiger partial charge in [-0.2, -0.15) is 0 Å². The van der Waals surface area contributed by atoms with Crippen molar-refractivity contribution in [3.05, 3.63) is 89.5 Å². The Balaban J connectivity index is 1.79. The molecular formula is C31H33NO6. The molecular weight excluding hydrogens is 482 g/mol. The highest BCUT2D eigenvalue weighted by molar-refractivity contribution is 6.51. The molecule has 1 aliphatic heterocycles. The van der Waals surface area contributed by atoms with E-state index in [0.717, 1.165) is 6.42 Å². The minimum absolute atomic E-state index is 0.0101. The molecule has 1 N–H and O–H groups in total. The van der Waals surface area contributed by atoms with Gasteiger partial charge < -0.3 is 19.3 Å². The molecule has 1 heterocycles. The number of ether oxygens (including phenoxy) is 3. The first-order valence-corrected chi connectivity index (χ1v) is 12.7. The van der Waals surface area contributed by atoms with Crippen LogP contribution in [0.1, 0.15) is 44.4 Å². The van der Waals surface area contributed by atoms with Crippen molar-refractivity contribution in [3.8, 4) is 17.2 Å². The molecule has 7 heteroatoms. The Morgan fingerprint density at radius 2 is 1.58 bits per heavy atom. The van der Waals surface area contributed by atoms with E-state index in [0.29, 0.717) is 53.2 Å². The number of anilines is 1. The van der Waals surface area contributed by atoms with Crippen molar-refractivity contribution in [3.63, 3.8) is 0 Å². The molecule has 38 heavy (non-hydrogen) atoms. The number of aliphatic hydroxyl groups is 1. The minimum atomic E-state index is -0.848. The monoisotopic (exact) mass is 515 g/mol. The molecule has 3 aromatic rings. The van der Waals surface area contributed by atoms with Crippen LogP contribution in [0.4, 0.5) is 5.69 Å². The topological polar surface area (TPSA) is 85.3 Å². The van der Waals surface area contributed by atoms with Gasteiger partial charge in [0.25, 0.3) is 11.7 Å². The van der Waals surface area contributed by atoms with E-state index in [1.165, 1.54) is 12.0 Å². The van der Waals surface area contributed by atoms with Gasteiger partial charge in [-0.15, -0.1) is 0 Å². The van der Waals surface area contributed by atoms with Gasteiger partial charge in [0.2, 0.25) is 0 Å². The van der Waals surface area contributed by atoms with Crippen LogP contribution in [0.2, 0.25) is 0 Å². The summed E-state index contributed by atoms with van der Waals surface area (Å²) in [5, 5.41) is 11.4. The SMILES string of the molecule is CCCOc1ccc(C2/C(=C(\O)c3ccc(OCC(C)C)cc3)C(=O)C(=O)N2c2cccc(OC)c2)cc1. The average molecular weight is 516 g/mol. The molecule has 0 bridgehead atoms. The summed E-state index contributed by atoms with van der Waals surface area (Å²) in [5.41, 5.74) is 1.57. The maximum Gasteiger partial charge on any atom is 0.300 e. The summed E-state index contributed by atoms with van der Waals surface area (Å²) in [6.07, 6.45) is 0.874. The molecule has 1 unspecified atom stereocenters. The van der Waals surface area contributed by atoms with E-state index in [-0.39, 0.29) is 11.3 Å². The summed E-state index contributed by atoms with van der Waals surface area (Å²) in [7, 11) is 1.54. The maximum atomic E-state index is 13.4. The molecule has 1 atom stereocenters. The molecule has 0 radical (unpaired) electrons. The molecule has 0 aliphatic carbocycles. The number of rotatable bonds is 10. The van der Waals surface area contributed by atoms with Crippen molar-refractivity contribution in [2.75, 3.05) is 25.2 Å². The van der Waals surface area contributed by atoms with Gasteiger partial charge in [0.15, 0.2) is 0 Å². The van der Waals surface area contributed by atoms with E-state index in [1.54, 1.807) is 60.7 Å². The summed E-state index contributed by atoms with van der Waals surface area (Å²) < 4.78 is 16.8. The van der Waals surface area contributed by atoms with Gasteiger partial charge in [-0.05, 0) is 66.4 Å². The summed E-state index contributed by atoms with van der Waals surface area (Å²) in [6.45, 7) is 7.29. The second-order valence-electron chi connectivity index (χ2n) is 9.52. The van der Waals surface area contributed by atoms with Gasteiger partial charge in [0.1, 0.15) is 23.0 Å². The zero-order valence-corrected chi connectivity index (χ0v) is 22.1. The van der Waals surface area contributed by atoms with Crippen LogP contribution in [0.15, 0.2) is 78.4 Å². The molecule has 0 spiro atoms. The number of methoxy groups -OCH3 is 1. The van der Waals surface area contributed by atoms with Crippen LogP contribution >= 0.6 is 0 Å². The zero-order valence-electron chi connectivity index (χ0n) is 22.1. The van der Waals surface area contributed by atoms with Gasteiger partial charge in [0, 0.05) is 17.3 Å². The van der Waals surface area contributed by atoms with Crippen LogP contribution in [0.3, 0.4) is 0 Å². The Labute approximate surface area is 223 Å². The predicted molar refractivity (Wildman–Crippen MR) is 147 cm³/mol. The van der Waals surface area contributed by atoms with Crippen molar-refractivity contribution < 1.29 is 28.9 Å². The molecule has 1 amide bonds. The second kappa shape index (κ2) is 11.9. The molecule has 4 rings (SSSR count). The number of carbonyl (C=O) groups excluding carboxylic acids is 2. The lowest BCUT2D eigenvalue weighted by Crippen LogP contribution is -2.29. The standard InChI is InChI=1S/C31H33NO6/c1-5-17-37-24-13-9-21(10-14-24)28-27(29(33)22-11-15-25(16-12-22)38-19-20(2)3)30(34)31(35)32(28)23-7-6-8-26(18-23)36-4/h6-16,18,20,28,33H,5,17,19H2,1-4H3/b29-27+. The number of Topliss-reactive ketones (excluding diaryl/α,β-unsaturated/α-hetero) is 1. The van der Waals surface area contributed by atoms with Crippen LogP contribution < -0.4 is 19.1 Å². The number of nitrogens with zero attached hydrogens (tertiary/aromatic N) is 1. The van der Waals surface area contributed by atoms with Crippen LogP contribution in [0.25, 0.3) is 5.76 Å². The van der Waals surface area contributed by atoms with Crippen molar-refractivity contribution in [1.82, 2.24) is 0 Å². The fourth-order valence-electron chi connectivity index (χ4n) is 4.27. The summed E-state index contributed by atoms with van der Waals surface area (Å²) in [5.74, 6) is 0.519. The first kappa shape index (κ1) is 26.8. The van der Waals surface area contributed by atoms with E-state index >= 15 is 0 Å². The molecule has 3 aromatic carbocycles. The van der Waals surface area contributed by atoms with Gasteiger partial charge >= 0.3 is 0 Å². The number of hydrogen-bond donors (Lipinski definition) is 1. The lowest BCUT2D eigenvalue weighted by atomic mass is 9.95. The highest BCUT2D eigenvalue weighted by Gasteiger charge is 2.47. The Bertz CT molecular complexity index is 1310. The number of carbonyl (C=O) groups is 2. The Kier molecular flexibility index (Phi) is 8.36. The number of aliphatic hydroxyl groups excluding tert-OH is 1. The number of amides is 1. The molecule has 7 nitrogen and oxygen atoms in total. The van der Waals surface area contributed by atoms with E-state index in [9.17, 15) is 14.7 Å². The van der Waals surface area contributed by atoms with Gasteiger partial charge in [0.05, 0.1) is 31.9 Å². The third-order valence-electron chi connectivity index (χ3n) is 6.16. The molecule has 1 saturated heterocycles. The third-order valence-corrected chi connectivity index (χ3v) is 6.16. The molecule has 0 saturated carbocycles. The highest BCUT2D eigenvalue weighted by atomic mass is 16.5. The highest BCUT2D eigenvalue weighted by Crippen LogP contribution is 2.43. The zero-order chi connectivity index (χ0) is 27.2. The van der Waals surface area contributed by atoms with E-state index in [4.69, 9.17) is 14.2 Å². The fraction of sp³-hybridized carbons (Fsp3) is 0.290. The van der Waals surface area contributed by atoms with Crippen molar-refractivity contribution in [1.29, 1.82) is 0 Å². The Hall–Kier alpha value is -4.26. The smallest absolute Gasteiger partial charge is 0.300 e. The second-order valence-corrected chi connectivity index (χ2v) is 9.52. The number of hydrogen-bond acceptors (Lipinski definition) is 6. The largest absolute Gasteiger partial charge is 0.507 e. The minimum Gasteiger partial charge on any atom is -0.507 e. The molecule has 0 aromatic heterocycles. The lowest BCUT2D eigenvalue weighted by Gasteiger charge is -2.26. The lowest BCUT2D eigenvalue weighted by molar-refractivity contribution is -0.132. The maximum absolute atomic E-state index is 13.4. The van der Waals surface area contributed by atoms with Gasteiger partial charge in [-0.3, -0.25) is 14.5 Å². The van der Waals surface area contributed by atoms with Gasteiger partial charge in [-0.1, -0.05) is 39.0 Å². The third kappa shape index (κ3) is 5.67. The normalized spacial score (nSPS) is 16.7. The van der Waals surface area contributed by atoms with Crippen LogP contribution in [-0.2, 0) is 9.59 Å². The summed E-state index contributed by atoms with van der Waals surface area (Å²) in [6, 6.07) is 20.2. The summed E-state index contributed by atoms with van der Waals surface area (Å²) >= 11 is 0. The first-order chi connectivity index (χ1) is 18.3.